The smallest absolute Gasteiger partial charge is 0.254 e. The van der Waals surface area contributed by atoms with Gasteiger partial charge in [0.1, 0.15) is 10.8 Å². The van der Waals surface area contributed by atoms with E-state index in [1.807, 2.05) is 58.8 Å². The molecule has 35 heavy (non-hydrogen) atoms. The Balaban J connectivity index is 1.70. The van der Waals surface area contributed by atoms with Crippen LogP contribution in [0.5, 0.6) is 0 Å². The van der Waals surface area contributed by atoms with Gasteiger partial charge < -0.3 is 23.7 Å². The van der Waals surface area contributed by atoms with Crippen LogP contribution >= 0.6 is 23.5 Å². The lowest BCUT2D eigenvalue weighted by atomic mass is 9.88. The molecule has 0 radical (unpaired) electrons. The monoisotopic (exact) mass is 512 g/mol. The number of rotatable bonds is 8. The summed E-state index contributed by atoms with van der Waals surface area (Å²) in [5.74, 6) is 2.25. The maximum Gasteiger partial charge on any atom is 0.254 e. The lowest BCUT2D eigenvalue weighted by Crippen LogP contribution is -2.44. The Labute approximate surface area is 215 Å². The van der Waals surface area contributed by atoms with Gasteiger partial charge in [-0.1, -0.05) is 36.4 Å². The van der Waals surface area contributed by atoms with Gasteiger partial charge >= 0.3 is 0 Å². The molecule has 0 bridgehead atoms. The van der Waals surface area contributed by atoms with E-state index in [9.17, 15) is 4.79 Å². The number of fused-ring (bicyclic) bond motifs is 4. The molecule has 5 rings (SSSR count). The molecule has 1 unspecified atom stereocenters. The van der Waals surface area contributed by atoms with Crippen LogP contribution in [0.3, 0.4) is 0 Å². The zero-order valence-corrected chi connectivity index (χ0v) is 22.1. The quantitative estimate of drug-likeness (QED) is 0.373. The minimum atomic E-state index is -0.510. The Kier molecular flexibility index (Phi) is 7.46. The minimum Gasteiger partial charge on any atom is -0.364 e. The van der Waals surface area contributed by atoms with E-state index in [0.717, 1.165) is 29.9 Å². The molecule has 1 fully saturated rings. The SMILES string of the molecule is COCn1c2c(c3ccccc31)C(N(CC(OC)OC)C(=O)c1ccccc1)CCC21SCCS1. The number of thioether (sulfide) groups is 2. The van der Waals surface area contributed by atoms with Crippen LogP contribution in [0.1, 0.15) is 40.5 Å². The highest BCUT2D eigenvalue weighted by atomic mass is 32.2. The predicted molar refractivity (Wildman–Crippen MR) is 143 cm³/mol. The normalized spacial score (nSPS) is 18.9. The van der Waals surface area contributed by atoms with E-state index in [1.54, 1.807) is 21.3 Å². The topological polar surface area (TPSA) is 52.9 Å². The molecule has 1 spiro atoms. The summed E-state index contributed by atoms with van der Waals surface area (Å²) in [6, 6.07) is 17.9. The first-order valence-corrected chi connectivity index (χ1v) is 13.9. The van der Waals surface area contributed by atoms with Crippen molar-refractivity contribution in [2.24, 2.45) is 0 Å². The van der Waals surface area contributed by atoms with Crippen molar-refractivity contribution in [3.63, 3.8) is 0 Å². The van der Waals surface area contributed by atoms with Crippen LogP contribution in [-0.4, -0.2) is 61.0 Å². The van der Waals surface area contributed by atoms with Gasteiger partial charge in [-0.05, 0) is 31.0 Å². The summed E-state index contributed by atoms with van der Waals surface area (Å²) in [4.78, 5) is 15.9. The van der Waals surface area contributed by atoms with E-state index in [0.29, 0.717) is 18.8 Å². The highest BCUT2D eigenvalue weighted by molar-refractivity contribution is 8.20. The molecule has 1 atom stereocenters. The van der Waals surface area contributed by atoms with E-state index >= 15 is 0 Å². The number of hydrogen-bond acceptors (Lipinski definition) is 6. The van der Waals surface area contributed by atoms with Crippen molar-refractivity contribution in [2.45, 2.75) is 36.0 Å². The Morgan fingerprint density at radius 2 is 1.74 bits per heavy atom. The minimum absolute atomic E-state index is 0.00750. The van der Waals surface area contributed by atoms with Crippen molar-refractivity contribution < 1.29 is 19.0 Å². The third kappa shape index (κ3) is 4.40. The largest absolute Gasteiger partial charge is 0.364 e. The molecule has 2 aliphatic rings. The van der Waals surface area contributed by atoms with Gasteiger partial charge in [0.05, 0.1) is 23.8 Å². The number of carbonyl (C=O) groups is 1. The number of nitrogens with zero attached hydrogens (tertiary/aromatic N) is 2. The number of carbonyl (C=O) groups excluding carboxylic acids is 1. The molecule has 8 heteroatoms. The maximum atomic E-state index is 14.0. The second kappa shape index (κ2) is 10.6. The van der Waals surface area contributed by atoms with Gasteiger partial charge in [-0.15, -0.1) is 23.5 Å². The molecule has 6 nitrogen and oxygen atoms in total. The molecular weight excluding hydrogens is 480 g/mol. The molecule has 186 valence electrons. The lowest BCUT2D eigenvalue weighted by Gasteiger charge is -2.42. The van der Waals surface area contributed by atoms with Crippen LogP contribution in [0.15, 0.2) is 54.6 Å². The van der Waals surface area contributed by atoms with Crippen LogP contribution in [0.4, 0.5) is 0 Å². The molecule has 2 heterocycles. The zero-order chi connectivity index (χ0) is 24.4. The first-order valence-electron chi connectivity index (χ1n) is 11.9. The van der Waals surface area contributed by atoms with Crippen LogP contribution < -0.4 is 0 Å². The summed E-state index contributed by atoms with van der Waals surface area (Å²) in [7, 11) is 4.99. The summed E-state index contributed by atoms with van der Waals surface area (Å²) < 4.78 is 19.1. The fraction of sp³-hybridized carbons (Fsp3) is 0.444. The molecule has 1 aromatic heterocycles. The second-order valence-corrected chi connectivity index (χ2v) is 11.9. The van der Waals surface area contributed by atoms with Gasteiger partial charge in [0.25, 0.3) is 5.91 Å². The van der Waals surface area contributed by atoms with E-state index < -0.39 is 6.29 Å². The Hall–Kier alpha value is -1.97. The Morgan fingerprint density at radius 1 is 1.06 bits per heavy atom. The molecule has 1 aliphatic carbocycles. The first-order chi connectivity index (χ1) is 17.1. The second-order valence-electron chi connectivity index (χ2n) is 8.85. The molecule has 1 amide bonds. The Morgan fingerprint density at radius 3 is 2.43 bits per heavy atom. The average molecular weight is 513 g/mol. The molecule has 0 saturated carbocycles. The van der Waals surface area contributed by atoms with Crippen LogP contribution in [0.25, 0.3) is 10.9 Å². The van der Waals surface area contributed by atoms with E-state index in [-0.39, 0.29) is 16.0 Å². The summed E-state index contributed by atoms with van der Waals surface area (Å²) in [5, 5.41) is 1.19. The lowest BCUT2D eigenvalue weighted by molar-refractivity contribution is -0.116. The third-order valence-electron chi connectivity index (χ3n) is 6.99. The van der Waals surface area contributed by atoms with Crippen molar-refractivity contribution in [3.8, 4) is 0 Å². The summed E-state index contributed by atoms with van der Waals surface area (Å²) in [6.45, 7) is 0.832. The molecule has 1 saturated heterocycles. The predicted octanol–water partition coefficient (Wildman–Crippen LogP) is 5.47. The van der Waals surface area contributed by atoms with Crippen LogP contribution in [0, 0.1) is 0 Å². The van der Waals surface area contributed by atoms with Crippen molar-refractivity contribution in [3.05, 3.63) is 71.4 Å². The number of ether oxygens (including phenoxy) is 3. The first kappa shape index (κ1) is 24.7. The summed E-state index contributed by atoms with van der Waals surface area (Å²) >= 11 is 4.08. The summed E-state index contributed by atoms with van der Waals surface area (Å²) in [5.41, 5.74) is 4.36. The van der Waals surface area contributed by atoms with Gasteiger partial charge in [0.15, 0.2) is 6.29 Å². The van der Waals surface area contributed by atoms with Crippen molar-refractivity contribution in [1.29, 1.82) is 0 Å². The van der Waals surface area contributed by atoms with Crippen LogP contribution in [0.2, 0.25) is 0 Å². The number of amides is 1. The van der Waals surface area contributed by atoms with Gasteiger partial charge in [-0.3, -0.25) is 4.79 Å². The standard InChI is InChI=1S/C27H32N2O4S2/c1-31-18-29-21-12-8-7-11-20(21)24-22(13-14-27(25(24)29)34-15-16-35-27)28(17-23(32-2)33-3)26(30)19-9-5-4-6-10-19/h4-12,22-23H,13-18H2,1-3H3. The van der Waals surface area contributed by atoms with Crippen molar-refractivity contribution in [1.82, 2.24) is 9.47 Å². The summed E-state index contributed by atoms with van der Waals surface area (Å²) in [6.07, 6.45) is 1.36. The Bertz CT molecular complexity index is 1170. The van der Waals surface area contributed by atoms with Crippen molar-refractivity contribution >= 4 is 40.3 Å². The average Bonchev–Trinajstić information content (AvgIpc) is 3.50. The number of aromatic nitrogens is 1. The van der Waals surface area contributed by atoms with Crippen LogP contribution in [-0.2, 0) is 25.0 Å². The van der Waals surface area contributed by atoms with E-state index in [4.69, 9.17) is 14.2 Å². The van der Waals surface area contributed by atoms with Gasteiger partial charge in [-0.25, -0.2) is 0 Å². The number of methoxy groups -OCH3 is 3. The fourth-order valence-electron chi connectivity index (χ4n) is 5.48. The van der Waals surface area contributed by atoms with E-state index in [1.165, 1.54) is 16.6 Å². The number of para-hydroxylation sites is 1. The third-order valence-corrected chi connectivity index (χ3v) is 10.5. The molecular formula is C27H32N2O4S2. The molecule has 0 N–H and O–H groups in total. The van der Waals surface area contributed by atoms with Gasteiger partial charge in [-0.2, -0.15) is 0 Å². The number of benzene rings is 2. The molecule has 2 aromatic carbocycles. The molecule has 1 aliphatic heterocycles. The van der Waals surface area contributed by atoms with Crippen molar-refractivity contribution in [2.75, 3.05) is 39.4 Å². The number of hydrogen-bond donors (Lipinski definition) is 0. The maximum absolute atomic E-state index is 14.0. The highest BCUT2D eigenvalue weighted by Crippen LogP contribution is 2.61. The van der Waals surface area contributed by atoms with Gasteiger partial charge in [0, 0.05) is 49.3 Å². The van der Waals surface area contributed by atoms with Gasteiger partial charge in [0.2, 0.25) is 0 Å². The zero-order valence-electron chi connectivity index (χ0n) is 20.4. The fourth-order valence-corrected chi connectivity index (χ4v) is 8.88. The molecule has 3 aromatic rings. The highest BCUT2D eigenvalue weighted by Gasteiger charge is 2.49. The van der Waals surface area contributed by atoms with E-state index in [2.05, 4.69) is 28.8 Å².